The van der Waals surface area contributed by atoms with Crippen LogP contribution in [0.4, 0.5) is 0 Å². The largest absolute Gasteiger partial charge is 0.457 e. The van der Waals surface area contributed by atoms with Crippen LogP contribution in [0.5, 0.6) is 11.5 Å². The number of hydrogen-bond donors (Lipinski definition) is 1. The second kappa shape index (κ2) is 5.69. The smallest absolute Gasteiger partial charge is 0.133 e. The van der Waals surface area contributed by atoms with Gasteiger partial charge in [0, 0.05) is 5.56 Å². The summed E-state index contributed by atoms with van der Waals surface area (Å²) in [6.45, 7) is 3.96. The maximum atomic E-state index is 9.98. The number of para-hydroxylation sites is 2. The molecule has 1 N–H and O–H groups in total. The summed E-state index contributed by atoms with van der Waals surface area (Å²) in [7, 11) is 0. The predicted octanol–water partition coefficient (Wildman–Crippen LogP) is 4.23. The number of aryl methyl sites for hydroxylation is 1. The van der Waals surface area contributed by atoms with E-state index in [2.05, 4.69) is 0 Å². The number of aliphatic hydroxyl groups is 1. The summed E-state index contributed by atoms with van der Waals surface area (Å²) in [5.41, 5.74) is 1.92. The van der Waals surface area contributed by atoms with E-state index >= 15 is 0 Å². The van der Waals surface area contributed by atoms with Gasteiger partial charge in [-0.15, -0.1) is 0 Å². The van der Waals surface area contributed by atoms with Crippen LogP contribution in [0, 0.1) is 6.92 Å². The van der Waals surface area contributed by atoms with Crippen molar-refractivity contribution in [1.29, 1.82) is 0 Å². The minimum Gasteiger partial charge on any atom is -0.457 e. The van der Waals surface area contributed by atoms with Crippen molar-refractivity contribution in [3.63, 3.8) is 0 Å². The Morgan fingerprint density at radius 2 is 1.61 bits per heavy atom. The summed E-state index contributed by atoms with van der Waals surface area (Å²) in [6.07, 6.45) is 0.193. The van der Waals surface area contributed by atoms with E-state index in [0.717, 1.165) is 22.6 Å². The molecule has 18 heavy (non-hydrogen) atoms. The van der Waals surface area contributed by atoms with E-state index in [-0.39, 0.29) is 0 Å². The maximum absolute atomic E-state index is 9.98. The maximum Gasteiger partial charge on any atom is 0.133 e. The third kappa shape index (κ3) is 2.71. The molecule has 0 bridgehead atoms. The van der Waals surface area contributed by atoms with Crippen LogP contribution in [-0.4, -0.2) is 5.11 Å². The Labute approximate surface area is 108 Å². The third-order valence-corrected chi connectivity index (χ3v) is 2.98. The second-order valence-electron chi connectivity index (χ2n) is 4.33. The van der Waals surface area contributed by atoms with Gasteiger partial charge < -0.3 is 9.84 Å². The number of aliphatic hydroxyl groups excluding tert-OH is 1. The molecule has 0 aliphatic carbocycles. The molecule has 0 aliphatic rings. The van der Waals surface area contributed by atoms with Crippen LogP contribution in [0.1, 0.15) is 30.6 Å². The van der Waals surface area contributed by atoms with Gasteiger partial charge in [-0.3, -0.25) is 0 Å². The highest BCUT2D eigenvalue weighted by atomic mass is 16.5. The molecule has 2 aromatic rings. The molecule has 94 valence electrons. The molecule has 0 saturated heterocycles. The normalized spacial score (nSPS) is 12.2. The summed E-state index contributed by atoms with van der Waals surface area (Å²) in [4.78, 5) is 0. The molecule has 0 unspecified atom stereocenters. The van der Waals surface area contributed by atoms with Crippen LogP contribution >= 0.6 is 0 Å². The lowest BCUT2D eigenvalue weighted by Gasteiger charge is -2.15. The first kappa shape index (κ1) is 12.7. The summed E-state index contributed by atoms with van der Waals surface area (Å²) >= 11 is 0. The zero-order valence-electron chi connectivity index (χ0n) is 10.8. The highest BCUT2D eigenvalue weighted by Gasteiger charge is 2.12. The molecule has 0 spiro atoms. The van der Waals surface area contributed by atoms with Crippen molar-refractivity contribution < 1.29 is 9.84 Å². The van der Waals surface area contributed by atoms with Gasteiger partial charge >= 0.3 is 0 Å². The first-order valence-electron chi connectivity index (χ1n) is 6.23. The van der Waals surface area contributed by atoms with Gasteiger partial charge in [-0.05, 0) is 31.0 Å². The Morgan fingerprint density at radius 1 is 1.00 bits per heavy atom. The average Bonchev–Trinajstić information content (AvgIpc) is 2.41. The number of ether oxygens (including phenoxy) is 1. The zero-order valence-corrected chi connectivity index (χ0v) is 10.8. The summed E-state index contributed by atoms with van der Waals surface area (Å²) < 4.78 is 5.90. The number of rotatable bonds is 4. The fourth-order valence-electron chi connectivity index (χ4n) is 1.86. The Morgan fingerprint density at radius 3 is 2.28 bits per heavy atom. The van der Waals surface area contributed by atoms with E-state index in [1.165, 1.54) is 0 Å². The summed E-state index contributed by atoms with van der Waals surface area (Å²) in [5, 5.41) is 9.98. The molecule has 2 aromatic carbocycles. The van der Waals surface area contributed by atoms with Crippen molar-refractivity contribution in [1.82, 2.24) is 0 Å². The SMILES string of the molecule is CC[C@H](O)c1ccccc1Oc1ccccc1C. The Hall–Kier alpha value is -1.80. The molecule has 2 nitrogen and oxygen atoms in total. The van der Waals surface area contributed by atoms with Gasteiger partial charge in [0.05, 0.1) is 6.10 Å². The van der Waals surface area contributed by atoms with E-state index in [0.29, 0.717) is 6.42 Å². The molecular weight excluding hydrogens is 224 g/mol. The van der Waals surface area contributed by atoms with E-state index in [4.69, 9.17) is 4.74 Å². The second-order valence-corrected chi connectivity index (χ2v) is 4.33. The van der Waals surface area contributed by atoms with Crippen molar-refractivity contribution in [2.75, 3.05) is 0 Å². The monoisotopic (exact) mass is 242 g/mol. The molecule has 0 fully saturated rings. The van der Waals surface area contributed by atoms with Crippen LogP contribution < -0.4 is 4.74 Å². The minimum absolute atomic E-state index is 0.481. The van der Waals surface area contributed by atoms with Gasteiger partial charge in [0.25, 0.3) is 0 Å². The molecule has 2 rings (SSSR count). The molecule has 1 atom stereocenters. The average molecular weight is 242 g/mol. The molecule has 0 amide bonds. The van der Waals surface area contributed by atoms with Crippen molar-refractivity contribution in [3.05, 3.63) is 59.7 Å². The lowest BCUT2D eigenvalue weighted by Crippen LogP contribution is -1.99. The quantitative estimate of drug-likeness (QED) is 0.869. The van der Waals surface area contributed by atoms with Crippen LogP contribution in [0.25, 0.3) is 0 Å². The van der Waals surface area contributed by atoms with Gasteiger partial charge in [-0.2, -0.15) is 0 Å². The van der Waals surface area contributed by atoms with E-state index in [1.54, 1.807) is 0 Å². The van der Waals surface area contributed by atoms with Crippen molar-refractivity contribution in [3.8, 4) is 11.5 Å². The van der Waals surface area contributed by atoms with E-state index < -0.39 is 6.10 Å². The van der Waals surface area contributed by atoms with Gasteiger partial charge in [0.1, 0.15) is 11.5 Å². The van der Waals surface area contributed by atoms with Crippen molar-refractivity contribution in [2.24, 2.45) is 0 Å². The first-order chi connectivity index (χ1) is 8.72. The highest BCUT2D eigenvalue weighted by molar-refractivity contribution is 5.41. The standard InChI is InChI=1S/C16H18O2/c1-3-14(17)13-9-5-7-11-16(13)18-15-10-6-4-8-12(15)2/h4-11,14,17H,3H2,1-2H3/t14-/m0/s1. The van der Waals surface area contributed by atoms with Gasteiger partial charge in [0.2, 0.25) is 0 Å². The highest BCUT2D eigenvalue weighted by Crippen LogP contribution is 2.32. The molecule has 0 aromatic heterocycles. The summed E-state index contributed by atoms with van der Waals surface area (Å²) in [6, 6.07) is 15.5. The molecule has 0 heterocycles. The Bertz CT molecular complexity index is 520. The third-order valence-electron chi connectivity index (χ3n) is 2.98. The van der Waals surface area contributed by atoms with Crippen LogP contribution in [-0.2, 0) is 0 Å². The molecule has 0 saturated carbocycles. The molecule has 2 heteroatoms. The molecule has 0 radical (unpaired) electrons. The van der Waals surface area contributed by atoms with Gasteiger partial charge in [0.15, 0.2) is 0 Å². The molecular formula is C16H18O2. The molecule has 0 aliphatic heterocycles. The van der Waals surface area contributed by atoms with Crippen molar-refractivity contribution >= 4 is 0 Å². The lowest BCUT2D eigenvalue weighted by atomic mass is 10.1. The number of benzene rings is 2. The Balaban J connectivity index is 2.32. The van der Waals surface area contributed by atoms with Crippen molar-refractivity contribution in [2.45, 2.75) is 26.4 Å². The fourth-order valence-corrected chi connectivity index (χ4v) is 1.86. The lowest BCUT2D eigenvalue weighted by molar-refractivity contribution is 0.170. The van der Waals surface area contributed by atoms with Crippen LogP contribution in [0.3, 0.4) is 0 Å². The Kier molecular flexibility index (Phi) is 4.00. The zero-order chi connectivity index (χ0) is 13.0. The fraction of sp³-hybridized carbons (Fsp3) is 0.250. The van der Waals surface area contributed by atoms with Crippen LogP contribution in [0.15, 0.2) is 48.5 Å². The number of hydrogen-bond acceptors (Lipinski definition) is 2. The minimum atomic E-state index is -0.481. The van der Waals surface area contributed by atoms with Gasteiger partial charge in [-0.25, -0.2) is 0 Å². The van der Waals surface area contributed by atoms with E-state index in [1.807, 2.05) is 62.4 Å². The first-order valence-corrected chi connectivity index (χ1v) is 6.23. The van der Waals surface area contributed by atoms with Gasteiger partial charge in [-0.1, -0.05) is 43.3 Å². The van der Waals surface area contributed by atoms with Crippen LogP contribution in [0.2, 0.25) is 0 Å². The summed E-state index contributed by atoms with van der Waals surface area (Å²) in [5.74, 6) is 1.55. The van der Waals surface area contributed by atoms with E-state index in [9.17, 15) is 5.11 Å². The predicted molar refractivity (Wildman–Crippen MR) is 72.9 cm³/mol. The topological polar surface area (TPSA) is 29.5 Å².